The van der Waals surface area contributed by atoms with Gasteiger partial charge in [0.15, 0.2) is 0 Å². The molecular formula is C13H20N2OS. The average molecular weight is 252 g/mol. The van der Waals surface area contributed by atoms with Gasteiger partial charge in [-0.15, -0.1) is 11.8 Å². The largest absolute Gasteiger partial charge is 0.497 e. The van der Waals surface area contributed by atoms with Crippen molar-refractivity contribution in [3.8, 4) is 5.75 Å². The number of benzene rings is 1. The summed E-state index contributed by atoms with van der Waals surface area (Å²) < 4.78 is 5.27. The Balaban J connectivity index is 2.15. The molecule has 1 aliphatic rings. The lowest BCUT2D eigenvalue weighted by Crippen LogP contribution is -2.38. The highest BCUT2D eigenvalue weighted by atomic mass is 32.2. The van der Waals surface area contributed by atoms with Crippen LogP contribution in [-0.4, -0.2) is 39.5 Å². The first-order valence-corrected chi connectivity index (χ1v) is 6.93. The molecule has 1 aliphatic heterocycles. The predicted molar refractivity (Wildman–Crippen MR) is 74.5 cm³/mol. The third kappa shape index (κ3) is 2.69. The molecule has 0 fully saturated rings. The first-order valence-electron chi connectivity index (χ1n) is 5.94. The van der Waals surface area contributed by atoms with E-state index < -0.39 is 0 Å². The maximum Gasteiger partial charge on any atom is 0.120 e. The molecule has 94 valence electrons. The van der Waals surface area contributed by atoms with Gasteiger partial charge in [-0.1, -0.05) is 0 Å². The van der Waals surface area contributed by atoms with Crippen LogP contribution in [0.3, 0.4) is 0 Å². The van der Waals surface area contributed by atoms with Crippen molar-refractivity contribution in [2.24, 2.45) is 0 Å². The Morgan fingerprint density at radius 1 is 1.53 bits per heavy atom. The van der Waals surface area contributed by atoms with Gasteiger partial charge in [-0.2, -0.15) is 0 Å². The molecule has 0 bridgehead atoms. The Morgan fingerprint density at radius 3 is 3.06 bits per heavy atom. The summed E-state index contributed by atoms with van der Waals surface area (Å²) in [7, 11) is 5.91. The number of ether oxygens (including phenoxy) is 1. The van der Waals surface area contributed by atoms with E-state index in [1.54, 1.807) is 7.11 Å². The van der Waals surface area contributed by atoms with Gasteiger partial charge in [0.1, 0.15) is 5.75 Å². The maximum atomic E-state index is 5.27. The lowest BCUT2D eigenvalue weighted by molar-refractivity contribution is 0.413. The molecule has 0 aromatic heterocycles. The van der Waals surface area contributed by atoms with Crippen LogP contribution in [0.5, 0.6) is 5.75 Å². The van der Waals surface area contributed by atoms with E-state index in [0.29, 0.717) is 6.04 Å². The van der Waals surface area contributed by atoms with Crippen LogP contribution in [-0.2, 0) is 0 Å². The van der Waals surface area contributed by atoms with Crippen molar-refractivity contribution in [3.63, 3.8) is 0 Å². The van der Waals surface area contributed by atoms with E-state index in [1.807, 2.05) is 24.9 Å². The molecule has 0 radical (unpaired) electrons. The number of nitrogens with one attached hydrogen (secondary N) is 1. The van der Waals surface area contributed by atoms with E-state index in [1.165, 1.54) is 17.0 Å². The zero-order chi connectivity index (χ0) is 12.3. The fraction of sp³-hybridized carbons (Fsp3) is 0.538. The van der Waals surface area contributed by atoms with Gasteiger partial charge in [-0.05, 0) is 38.2 Å². The maximum absolute atomic E-state index is 5.27. The van der Waals surface area contributed by atoms with Crippen LogP contribution in [0.15, 0.2) is 23.1 Å². The van der Waals surface area contributed by atoms with Crippen LogP contribution in [0.2, 0.25) is 0 Å². The summed E-state index contributed by atoms with van der Waals surface area (Å²) >= 11 is 1.93. The van der Waals surface area contributed by atoms with Crippen LogP contribution in [0.25, 0.3) is 0 Å². The zero-order valence-corrected chi connectivity index (χ0v) is 11.5. The van der Waals surface area contributed by atoms with Crippen LogP contribution >= 0.6 is 11.8 Å². The summed E-state index contributed by atoms with van der Waals surface area (Å²) in [5.41, 5.74) is 1.32. The third-order valence-electron chi connectivity index (χ3n) is 3.25. The summed E-state index contributed by atoms with van der Waals surface area (Å²) in [6.07, 6.45) is 1.19. The molecule has 1 atom stereocenters. The molecule has 1 unspecified atom stereocenters. The van der Waals surface area contributed by atoms with Gasteiger partial charge in [0.25, 0.3) is 0 Å². The number of anilines is 1. The highest BCUT2D eigenvalue weighted by Crippen LogP contribution is 2.39. The fourth-order valence-corrected chi connectivity index (χ4v) is 3.43. The molecule has 0 amide bonds. The number of rotatable bonds is 4. The van der Waals surface area contributed by atoms with Crippen LogP contribution in [0, 0.1) is 0 Å². The summed E-state index contributed by atoms with van der Waals surface area (Å²) in [6.45, 7) is 1.07. The van der Waals surface area contributed by atoms with Gasteiger partial charge in [0.05, 0.1) is 12.8 Å². The van der Waals surface area contributed by atoms with Crippen LogP contribution in [0.1, 0.15) is 6.42 Å². The van der Waals surface area contributed by atoms with Gasteiger partial charge in [0, 0.05) is 23.7 Å². The predicted octanol–water partition coefficient (Wildman–Crippen LogP) is 2.22. The minimum absolute atomic E-state index is 0.619. The minimum Gasteiger partial charge on any atom is -0.497 e. The molecule has 0 saturated heterocycles. The Labute approximate surface area is 108 Å². The van der Waals surface area contributed by atoms with Crippen LogP contribution < -0.4 is 15.0 Å². The summed E-state index contributed by atoms with van der Waals surface area (Å²) in [5.74, 6) is 2.09. The summed E-state index contributed by atoms with van der Waals surface area (Å²) in [4.78, 5) is 3.72. The number of nitrogens with zero attached hydrogens (tertiary/aromatic N) is 1. The molecule has 1 aromatic rings. The van der Waals surface area contributed by atoms with Crippen molar-refractivity contribution < 1.29 is 4.74 Å². The lowest BCUT2D eigenvalue weighted by atomic mass is 10.1. The zero-order valence-electron chi connectivity index (χ0n) is 10.7. The molecule has 0 spiro atoms. The standard InChI is InChI=1S/C13H20N2OS/c1-14-7-6-10-9-17-13-8-11(16-3)4-5-12(13)15(10)2/h4-5,8,10,14H,6-7,9H2,1-3H3. The third-order valence-corrected chi connectivity index (χ3v) is 4.44. The fourth-order valence-electron chi connectivity index (χ4n) is 2.11. The first-order chi connectivity index (χ1) is 8.26. The van der Waals surface area contributed by atoms with E-state index >= 15 is 0 Å². The SMILES string of the molecule is CNCCC1CSc2cc(OC)ccc2N1C. The van der Waals surface area contributed by atoms with Crippen molar-refractivity contribution in [2.45, 2.75) is 17.4 Å². The van der Waals surface area contributed by atoms with Gasteiger partial charge in [-0.25, -0.2) is 0 Å². The van der Waals surface area contributed by atoms with E-state index in [9.17, 15) is 0 Å². The molecule has 1 heterocycles. The van der Waals surface area contributed by atoms with E-state index in [-0.39, 0.29) is 0 Å². The second-order valence-electron chi connectivity index (χ2n) is 4.30. The molecule has 1 N–H and O–H groups in total. The monoisotopic (exact) mass is 252 g/mol. The van der Waals surface area contributed by atoms with Crippen molar-refractivity contribution in [1.82, 2.24) is 5.32 Å². The molecule has 0 aliphatic carbocycles. The molecule has 0 saturated carbocycles. The quantitative estimate of drug-likeness (QED) is 0.888. The molecule has 1 aromatic carbocycles. The molecular weight excluding hydrogens is 232 g/mol. The van der Waals surface area contributed by atoms with Crippen molar-refractivity contribution in [1.29, 1.82) is 0 Å². The Bertz CT molecular complexity index is 384. The Hall–Kier alpha value is -0.870. The number of thioether (sulfide) groups is 1. The van der Waals surface area contributed by atoms with Gasteiger partial charge >= 0.3 is 0 Å². The average Bonchev–Trinajstić information content (AvgIpc) is 2.37. The molecule has 4 heteroatoms. The lowest BCUT2D eigenvalue weighted by Gasteiger charge is -2.35. The first kappa shape index (κ1) is 12.6. The van der Waals surface area contributed by atoms with Crippen molar-refractivity contribution in [2.75, 3.05) is 38.4 Å². The highest BCUT2D eigenvalue weighted by Gasteiger charge is 2.23. The number of hydrogen-bond acceptors (Lipinski definition) is 4. The molecule has 3 nitrogen and oxygen atoms in total. The van der Waals surface area contributed by atoms with E-state index in [0.717, 1.165) is 18.0 Å². The van der Waals surface area contributed by atoms with Crippen molar-refractivity contribution >= 4 is 17.4 Å². The molecule has 17 heavy (non-hydrogen) atoms. The van der Waals surface area contributed by atoms with Crippen molar-refractivity contribution in [3.05, 3.63) is 18.2 Å². The summed E-state index contributed by atoms with van der Waals surface area (Å²) in [6, 6.07) is 6.95. The smallest absolute Gasteiger partial charge is 0.120 e. The number of methoxy groups -OCH3 is 1. The topological polar surface area (TPSA) is 24.5 Å². The van der Waals surface area contributed by atoms with E-state index in [2.05, 4.69) is 29.4 Å². The van der Waals surface area contributed by atoms with Gasteiger partial charge in [0.2, 0.25) is 0 Å². The second kappa shape index (κ2) is 5.65. The van der Waals surface area contributed by atoms with E-state index in [4.69, 9.17) is 4.74 Å². The Morgan fingerprint density at radius 2 is 2.35 bits per heavy atom. The highest BCUT2D eigenvalue weighted by molar-refractivity contribution is 7.99. The number of fused-ring (bicyclic) bond motifs is 1. The number of hydrogen-bond donors (Lipinski definition) is 1. The van der Waals surface area contributed by atoms with Gasteiger partial charge < -0.3 is 15.0 Å². The normalized spacial score (nSPS) is 19.0. The Kier molecular flexibility index (Phi) is 4.18. The van der Waals surface area contributed by atoms with Gasteiger partial charge in [-0.3, -0.25) is 0 Å². The molecule has 2 rings (SSSR count). The minimum atomic E-state index is 0.619. The van der Waals surface area contributed by atoms with Crippen LogP contribution in [0.4, 0.5) is 5.69 Å². The second-order valence-corrected chi connectivity index (χ2v) is 5.36. The summed E-state index contributed by atoms with van der Waals surface area (Å²) in [5, 5.41) is 3.22.